The van der Waals surface area contributed by atoms with E-state index in [1.54, 1.807) is 0 Å². The molecule has 20 heavy (non-hydrogen) atoms. The highest BCUT2D eigenvalue weighted by molar-refractivity contribution is 5.87. The first-order chi connectivity index (χ1) is 9.47. The largest absolute Gasteiger partial charge is 0.483 e. The molecule has 0 fully saturated rings. The SMILES string of the molecule is O=C(O)c1cc(F)c(OCc2cccc(F)c2)c(F)c1. The molecule has 0 aromatic heterocycles. The van der Waals surface area contributed by atoms with Gasteiger partial charge in [-0.05, 0) is 29.8 Å². The lowest BCUT2D eigenvalue weighted by atomic mass is 10.2. The molecule has 0 saturated heterocycles. The van der Waals surface area contributed by atoms with E-state index in [4.69, 9.17) is 9.84 Å². The smallest absolute Gasteiger partial charge is 0.335 e. The van der Waals surface area contributed by atoms with Crippen molar-refractivity contribution in [3.8, 4) is 5.75 Å². The Kier molecular flexibility index (Phi) is 3.93. The number of halogens is 3. The minimum atomic E-state index is -1.44. The molecule has 0 radical (unpaired) electrons. The average Bonchev–Trinajstić information content (AvgIpc) is 2.37. The minimum Gasteiger partial charge on any atom is -0.483 e. The van der Waals surface area contributed by atoms with Crippen LogP contribution in [0.25, 0.3) is 0 Å². The lowest BCUT2D eigenvalue weighted by Gasteiger charge is -2.09. The van der Waals surface area contributed by atoms with Gasteiger partial charge in [0.1, 0.15) is 12.4 Å². The highest BCUT2D eigenvalue weighted by Crippen LogP contribution is 2.24. The Morgan fingerprint density at radius 1 is 1.10 bits per heavy atom. The van der Waals surface area contributed by atoms with E-state index in [9.17, 15) is 18.0 Å². The third-order valence-corrected chi connectivity index (χ3v) is 2.52. The quantitative estimate of drug-likeness (QED) is 0.935. The van der Waals surface area contributed by atoms with Gasteiger partial charge in [-0.15, -0.1) is 0 Å². The highest BCUT2D eigenvalue weighted by atomic mass is 19.1. The first kappa shape index (κ1) is 13.9. The van der Waals surface area contributed by atoms with Gasteiger partial charge in [-0.1, -0.05) is 12.1 Å². The van der Waals surface area contributed by atoms with Crippen molar-refractivity contribution < 1.29 is 27.8 Å². The number of aromatic carboxylic acids is 1. The van der Waals surface area contributed by atoms with E-state index >= 15 is 0 Å². The number of benzene rings is 2. The van der Waals surface area contributed by atoms with Gasteiger partial charge < -0.3 is 9.84 Å². The van der Waals surface area contributed by atoms with Gasteiger partial charge in [0.15, 0.2) is 17.4 Å². The third-order valence-electron chi connectivity index (χ3n) is 2.52. The molecule has 0 amide bonds. The molecule has 6 heteroatoms. The molecule has 0 unspecified atom stereocenters. The zero-order chi connectivity index (χ0) is 14.7. The Morgan fingerprint density at radius 2 is 1.75 bits per heavy atom. The molecule has 3 nitrogen and oxygen atoms in total. The van der Waals surface area contributed by atoms with Crippen molar-refractivity contribution >= 4 is 5.97 Å². The molecule has 0 spiro atoms. The van der Waals surface area contributed by atoms with Crippen LogP contribution in [0.5, 0.6) is 5.75 Å². The maximum atomic E-state index is 13.6. The molecule has 0 aliphatic rings. The number of hydrogen-bond acceptors (Lipinski definition) is 2. The van der Waals surface area contributed by atoms with E-state index in [-0.39, 0.29) is 6.61 Å². The Balaban J connectivity index is 2.20. The van der Waals surface area contributed by atoms with Crippen molar-refractivity contribution in [3.05, 3.63) is 65.0 Å². The number of hydrogen-bond donors (Lipinski definition) is 1. The fraction of sp³-hybridized carbons (Fsp3) is 0.0714. The summed E-state index contributed by atoms with van der Waals surface area (Å²) in [6.07, 6.45) is 0. The van der Waals surface area contributed by atoms with Gasteiger partial charge >= 0.3 is 5.97 Å². The van der Waals surface area contributed by atoms with E-state index in [1.165, 1.54) is 24.3 Å². The predicted octanol–water partition coefficient (Wildman–Crippen LogP) is 3.38. The van der Waals surface area contributed by atoms with Crippen molar-refractivity contribution in [1.29, 1.82) is 0 Å². The van der Waals surface area contributed by atoms with E-state index in [1.807, 2.05) is 0 Å². The Labute approximate surface area is 112 Å². The van der Waals surface area contributed by atoms with Gasteiger partial charge in [-0.3, -0.25) is 0 Å². The molecule has 0 saturated carbocycles. The van der Waals surface area contributed by atoms with E-state index in [0.717, 1.165) is 0 Å². The molecule has 2 rings (SSSR count). The zero-order valence-corrected chi connectivity index (χ0v) is 10.1. The van der Waals surface area contributed by atoms with Crippen molar-refractivity contribution in [1.82, 2.24) is 0 Å². The first-order valence-electron chi connectivity index (χ1n) is 5.57. The Hall–Kier alpha value is -2.50. The molecule has 0 aliphatic carbocycles. The molecule has 2 aromatic carbocycles. The molecule has 104 valence electrons. The van der Waals surface area contributed by atoms with Crippen LogP contribution in [-0.4, -0.2) is 11.1 Å². The maximum absolute atomic E-state index is 13.6. The number of carboxylic acids is 1. The zero-order valence-electron chi connectivity index (χ0n) is 10.1. The Morgan fingerprint density at radius 3 is 2.30 bits per heavy atom. The lowest BCUT2D eigenvalue weighted by Crippen LogP contribution is -2.04. The maximum Gasteiger partial charge on any atom is 0.335 e. The Bertz CT molecular complexity index is 633. The fourth-order valence-electron chi connectivity index (χ4n) is 1.60. The van der Waals surface area contributed by atoms with Crippen LogP contribution in [-0.2, 0) is 6.61 Å². The van der Waals surface area contributed by atoms with Crippen molar-refractivity contribution in [3.63, 3.8) is 0 Å². The predicted molar refractivity (Wildman–Crippen MR) is 64.0 cm³/mol. The van der Waals surface area contributed by atoms with Crippen LogP contribution in [0.3, 0.4) is 0 Å². The summed E-state index contributed by atoms with van der Waals surface area (Å²) in [5.41, 5.74) is -0.121. The van der Waals surface area contributed by atoms with Gasteiger partial charge in [0.05, 0.1) is 5.56 Å². The summed E-state index contributed by atoms with van der Waals surface area (Å²) in [6, 6.07) is 6.69. The highest BCUT2D eigenvalue weighted by Gasteiger charge is 2.16. The molecule has 0 heterocycles. The second-order valence-corrected chi connectivity index (χ2v) is 3.99. The van der Waals surface area contributed by atoms with Crippen LogP contribution >= 0.6 is 0 Å². The van der Waals surface area contributed by atoms with Crippen molar-refractivity contribution in [2.24, 2.45) is 0 Å². The summed E-state index contributed by atoms with van der Waals surface area (Å²) in [5, 5.41) is 8.65. The summed E-state index contributed by atoms with van der Waals surface area (Å²) >= 11 is 0. The molecule has 0 atom stereocenters. The number of carbonyl (C=O) groups is 1. The second-order valence-electron chi connectivity index (χ2n) is 3.99. The second kappa shape index (κ2) is 5.64. The van der Waals surface area contributed by atoms with Crippen molar-refractivity contribution in [2.75, 3.05) is 0 Å². The van der Waals surface area contributed by atoms with E-state index < -0.39 is 34.7 Å². The van der Waals surface area contributed by atoms with Gasteiger partial charge in [-0.2, -0.15) is 0 Å². The van der Waals surface area contributed by atoms with Gasteiger partial charge in [0.25, 0.3) is 0 Å². The summed E-state index contributed by atoms with van der Waals surface area (Å²) in [4.78, 5) is 10.6. The molecule has 0 bridgehead atoms. The van der Waals surface area contributed by atoms with E-state index in [2.05, 4.69) is 0 Å². The van der Waals surface area contributed by atoms with Crippen LogP contribution in [0.2, 0.25) is 0 Å². The monoisotopic (exact) mass is 282 g/mol. The minimum absolute atomic E-state index is 0.238. The third kappa shape index (κ3) is 3.09. The summed E-state index contributed by atoms with van der Waals surface area (Å²) in [5.74, 6) is -4.88. The average molecular weight is 282 g/mol. The molecular weight excluding hydrogens is 273 g/mol. The van der Waals surface area contributed by atoms with Crippen LogP contribution in [0.15, 0.2) is 36.4 Å². The number of rotatable bonds is 4. The van der Waals surface area contributed by atoms with Gasteiger partial charge in [0.2, 0.25) is 0 Å². The van der Waals surface area contributed by atoms with Crippen LogP contribution in [0, 0.1) is 17.5 Å². The van der Waals surface area contributed by atoms with E-state index in [0.29, 0.717) is 17.7 Å². The molecule has 0 aliphatic heterocycles. The summed E-state index contributed by atoms with van der Waals surface area (Å²) in [7, 11) is 0. The number of carboxylic acid groups (broad SMARTS) is 1. The van der Waals surface area contributed by atoms with Crippen LogP contribution < -0.4 is 4.74 Å². The number of ether oxygens (including phenoxy) is 1. The van der Waals surface area contributed by atoms with Gasteiger partial charge in [-0.25, -0.2) is 18.0 Å². The standard InChI is InChI=1S/C14H9F3O3/c15-10-3-1-2-8(4-10)7-20-13-11(16)5-9(14(18)19)6-12(13)17/h1-6H,7H2,(H,18,19). The molecule has 2 aromatic rings. The van der Waals surface area contributed by atoms with Crippen LogP contribution in [0.1, 0.15) is 15.9 Å². The first-order valence-corrected chi connectivity index (χ1v) is 5.57. The van der Waals surface area contributed by atoms with Crippen LogP contribution in [0.4, 0.5) is 13.2 Å². The lowest BCUT2D eigenvalue weighted by molar-refractivity contribution is 0.0695. The molecular formula is C14H9F3O3. The van der Waals surface area contributed by atoms with Crippen molar-refractivity contribution in [2.45, 2.75) is 6.61 Å². The topological polar surface area (TPSA) is 46.5 Å². The normalized spacial score (nSPS) is 10.3. The molecule has 1 N–H and O–H groups in total. The summed E-state index contributed by atoms with van der Waals surface area (Å²) < 4.78 is 45.0. The van der Waals surface area contributed by atoms with Gasteiger partial charge in [0, 0.05) is 0 Å². The summed E-state index contributed by atoms with van der Waals surface area (Å²) in [6.45, 7) is -0.238. The fourth-order valence-corrected chi connectivity index (χ4v) is 1.60.